The number of hydrogen-bond acceptors (Lipinski definition) is 3. The van der Waals surface area contributed by atoms with Crippen LogP contribution >= 0.6 is 11.6 Å². The van der Waals surface area contributed by atoms with Gasteiger partial charge in [-0.15, -0.1) is 0 Å². The summed E-state index contributed by atoms with van der Waals surface area (Å²) in [5.74, 6) is -1.15. The van der Waals surface area contributed by atoms with Gasteiger partial charge in [-0.1, -0.05) is 11.6 Å². The molecule has 2 rings (SSSR count). The van der Waals surface area contributed by atoms with E-state index in [1.54, 1.807) is 14.1 Å². The molecule has 0 aliphatic rings. The lowest BCUT2D eigenvalue weighted by molar-refractivity contribution is 0.0827. The monoisotopic (exact) mass is 356 g/mol. The van der Waals surface area contributed by atoms with Gasteiger partial charge in [-0.25, -0.2) is 12.8 Å². The Kier molecular flexibility index (Phi) is 4.91. The summed E-state index contributed by atoms with van der Waals surface area (Å²) in [5.41, 5.74) is 0.630. The van der Waals surface area contributed by atoms with Crippen LogP contribution in [0.15, 0.2) is 47.4 Å². The maximum Gasteiger partial charge on any atom is 0.264 e. The molecule has 0 spiro atoms. The number of nitrogens with one attached hydrogen (secondary N) is 1. The van der Waals surface area contributed by atoms with Crippen LogP contribution in [0.4, 0.5) is 10.1 Å². The highest BCUT2D eigenvalue weighted by atomic mass is 35.5. The maximum atomic E-state index is 13.8. The van der Waals surface area contributed by atoms with Crippen molar-refractivity contribution in [2.75, 3.05) is 18.8 Å². The van der Waals surface area contributed by atoms with Crippen molar-refractivity contribution in [2.45, 2.75) is 4.90 Å². The van der Waals surface area contributed by atoms with Crippen LogP contribution in [0, 0.1) is 5.82 Å². The van der Waals surface area contributed by atoms with Crippen molar-refractivity contribution in [3.8, 4) is 0 Å². The van der Waals surface area contributed by atoms with Gasteiger partial charge in [0.15, 0.2) is 0 Å². The topological polar surface area (TPSA) is 66.5 Å². The molecule has 2 aromatic rings. The van der Waals surface area contributed by atoms with E-state index in [9.17, 15) is 17.6 Å². The largest absolute Gasteiger partial charge is 0.345 e. The van der Waals surface area contributed by atoms with Gasteiger partial charge in [0, 0.05) is 30.4 Å². The Morgan fingerprint density at radius 3 is 2.26 bits per heavy atom. The number of anilines is 1. The van der Waals surface area contributed by atoms with Gasteiger partial charge in [0.1, 0.15) is 10.7 Å². The molecule has 122 valence electrons. The Morgan fingerprint density at radius 1 is 1.13 bits per heavy atom. The minimum absolute atomic E-state index is 0.105. The SMILES string of the molecule is CN(C)C(=O)c1ccc(NS(=O)(=O)c2ccc(Cl)cc2F)cc1. The number of hydrogen-bond donors (Lipinski definition) is 1. The number of amides is 1. The Labute approximate surface area is 138 Å². The summed E-state index contributed by atoms with van der Waals surface area (Å²) < 4.78 is 40.4. The molecule has 0 unspecified atom stereocenters. The molecule has 0 radical (unpaired) electrons. The number of halogens is 2. The number of nitrogens with zero attached hydrogens (tertiary/aromatic N) is 1. The molecule has 2 aromatic carbocycles. The molecule has 1 N–H and O–H groups in total. The summed E-state index contributed by atoms with van der Waals surface area (Å²) in [4.78, 5) is 12.7. The van der Waals surface area contributed by atoms with E-state index in [0.29, 0.717) is 5.56 Å². The summed E-state index contributed by atoms with van der Waals surface area (Å²) >= 11 is 5.61. The fourth-order valence-corrected chi connectivity index (χ4v) is 3.12. The highest BCUT2D eigenvalue weighted by molar-refractivity contribution is 7.92. The van der Waals surface area contributed by atoms with E-state index in [2.05, 4.69) is 4.72 Å². The van der Waals surface area contributed by atoms with Gasteiger partial charge in [0.2, 0.25) is 0 Å². The Hall–Kier alpha value is -2.12. The minimum atomic E-state index is -4.09. The maximum absolute atomic E-state index is 13.8. The summed E-state index contributed by atoms with van der Waals surface area (Å²) in [6.07, 6.45) is 0. The zero-order valence-corrected chi connectivity index (χ0v) is 14.0. The predicted octanol–water partition coefficient (Wildman–Crippen LogP) is 2.98. The molecule has 0 bridgehead atoms. The molecule has 0 aliphatic carbocycles. The Morgan fingerprint density at radius 2 is 1.74 bits per heavy atom. The van der Waals surface area contributed by atoms with E-state index in [1.165, 1.54) is 35.2 Å². The van der Waals surface area contributed by atoms with Crippen molar-refractivity contribution in [1.82, 2.24) is 4.90 Å². The van der Waals surface area contributed by atoms with E-state index in [4.69, 9.17) is 11.6 Å². The van der Waals surface area contributed by atoms with Gasteiger partial charge < -0.3 is 4.90 Å². The Bertz CT molecular complexity index is 836. The first kappa shape index (κ1) is 17.2. The van der Waals surface area contributed by atoms with Gasteiger partial charge in [-0.2, -0.15) is 0 Å². The van der Waals surface area contributed by atoms with E-state index in [-0.39, 0.29) is 16.6 Å². The first-order valence-electron chi connectivity index (χ1n) is 6.50. The molecule has 23 heavy (non-hydrogen) atoms. The number of carbonyl (C=O) groups excluding carboxylic acids is 1. The highest BCUT2D eigenvalue weighted by Gasteiger charge is 2.19. The Balaban J connectivity index is 2.26. The first-order valence-corrected chi connectivity index (χ1v) is 8.36. The van der Waals surface area contributed by atoms with Gasteiger partial charge in [0.05, 0.1) is 0 Å². The minimum Gasteiger partial charge on any atom is -0.345 e. The van der Waals surface area contributed by atoms with Gasteiger partial charge in [0.25, 0.3) is 15.9 Å². The van der Waals surface area contributed by atoms with Crippen LogP contribution in [0.5, 0.6) is 0 Å². The van der Waals surface area contributed by atoms with E-state index in [0.717, 1.165) is 12.1 Å². The van der Waals surface area contributed by atoms with Crippen molar-refractivity contribution in [1.29, 1.82) is 0 Å². The normalized spacial score (nSPS) is 11.1. The van der Waals surface area contributed by atoms with Gasteiger partial charge >= 0.3 is 0 Å². The molecular weight excluding hydrogens is 343 g/mol. The average molecular weight is 357 g/mol. The van der Waals surface area contributed by atoms with E-state index < -0.39 is 20.7 Å². The standard InChI is InChI=1S/C15H14ClFN2O3S/c1-19(2)15(20)10-3-6-12(7-4-10)18-23(21,22)14-8-5-11(16)9-13(14)17/h3-9,18H,1-2H3. The van der Waals surface area contributed by atoms with Crippen LogP contribution in [0.3, 0.4) is 0 Å². The molecule has 0 atom stereocenters. The quantitative estimate of drug-likeness (QED) is 0.915. The molecule has 0 heterocycles. The summed E-state index contributed by atoms with van der Waals surface area (Å²) in [6.45, 7) is 0. The zero-order chi connectivity index (χ0) is 17.2. The molecule has 5 nitrogen and oxygen atoms in total. The fraction of sp³-hybridized carbons (Fsp3) is 0.133. The molecule has 0 aromatic heterocycles. The summed E-state index contributed by atoms with van der Waals surface area (Å²) in [5, 5.41) is 0.105. The molecular formula is C15H14ClFN2O3S. The molecule has 1 amide bonds. The van der Waals surface area contributed by atoms with E-state index >= 15 is 0 Å². The zero-order valence-electron chi connectivity index (χ0n) is 12.4. The predicted molar refractivity (Wildman–Crippen MR) is 86.7 cm³/mol. The van der Waals surface area contributed by atoms with Crippen molar-refractivity contribution in [2.24, 2.45) is 0 Å². The molecule has 0 saturated heterocycles. The van der Waals surface area contributed by atoms with Crippen molar-refractivity contribution >= 4 is 33.2 Å². The first-order chi connectivity index (χ1) is 10.7. The summed E-state index contributed by atoms with van der Waals surface area (Å²) in [7, 11) is -0.862. The van der Waals surface area contributed by atoms with Crippen LogP contribution in [-0.4, -0.2) is 33.3 Å². The lowest BCUT2D eigenvalue weighted by atomic mass is 10.2. The fourth-order valence-electron chi connectivity index (χ4n) is 1.84. The number of benzene rings is 2. The molecule has 0 saturated carbocycles. The average Bonchev–Trinajstić information content (AvgIpc) is 2.46. The smallest absolute Gasteiger partial charge is 0.264 e. The lowest BCUT2D eigenvalue weighted by Gasteiger charge is -2.12. The summed E-state index contributed by atoms with van der Waals surface area (Å²) in [6, 6.07) is 9.14. The third-order valence-electron chi connectivity index (χ3n) is 2.97. The van der Waals surface area contributed by atoms with Crippen LogP contribution in [0.1, 0.15) is 10.4 Å². The lowest BCUT2D eigenvalue weighted by Crippen LogP contribution is -2.21. The second-order valence-corrected chi connectivity index (χ2v) is 7.04. The third-order valence-corrected chi connectivity index (χ3v) is 4.62. The number of sulfonamides is 1. The number of carbonyl (C=O) groups is 1. The van der Waals surface area contributed by atoms with Gasteiger partial charge in [-0.05, 0) is 42.5 Å². The van der Waals surface area contributed by atoms with Crippen molar-refractivity contribution in [3.63, 3.8) is 0 Å². The van der Waals surface area contributed by atoms with Crippen LogP contribution < -0.4 is 4.72 Å². The number of rotatable bonds is 4. The van der Waals surface area contributed by atoms with Crippen LogP contribution in [0.25, 0.3) is 0 Å². The molecule has 0 aliphatic heterocycles. The van der Waals surface area contributed by atoms with Crippen LogP contribution in [-0.2, 0) is 10.0 Å². The van der Waals surface area contributed by atoms with E-state index in [1.807, 2.05) is 0 Å². The molecule has 8 heteroatoms. The van der Waals surface area contributed by atoms with Crippen molar-refractivity contribution < 1.29 is 17.6 Å². The molecule has 0 fully saturated rings. The van der Waals surface area contributed by atoms with Crippen LogP contribution in [0.2, 0.25) is 5.02 Å². The van der Waals surface area contributed by atoms with Gasteiger partial charge in [-0.3, -0.25) is 9.52 Å². The second kappa shape index (κ2) is 6.55. The highest BCUT2D eigenvalue weighted by Crippen LogP contribution is 2.22. The van der Waals surface area contributed by atoms with Crippen molar-refractivity contribution in [3.05, 3.63) is 58.9 Å². The second-order valence-electron chi connectivity index (χ2n) is 4.96. The third kappa shape index (κ3) is 4.00.